The molecule has 22 heavy (non-hydrogen) atoms. The molecule has 0 radical (unpaired) electrons. The molecule has 1 heteroatoms. The van der Waals surface area contributed by atoms with Gasteiger partial charge in [0.2, 0.25) is 0 Å². The summed E-state index contributed by atoms with van der Waals surface area (Å²) in [7, 11) is 0. The highest BCUT2D eigenvalue weighted by molar-refractivity contribution is 6.00. The second-order valence-electron chi connectivity index (χ2n) is 6.34. The Morgan fingerprint density at radius 3 is 1.36 bits per heavy atom. The zero-order chi connectivity index (χ0) is 16.6. The topological polar surface area (TPSA) is 17.1 Å². The SMILES string of the molecule is CCCCCCC(=CC(=O)C=C(CC)CCCCCC)CC. The molecular weight excluding hydrogens is 268 g/mol. The van der Waals surface area contributed by atoms with Crippen LogP contribution in [-0.2, 0) is 4.79 Å². The van der Waals surface area contributed by atoms with Gasteiger partial charge in [-0.15, -0.1) is 0 Å². The van der Waals surface area contributed by atoms with Crippen LogP contribution in [-0.4, -0.2) is 5.78 Å². The van der Waals surface area contributed by atoms with Gasteiger partial charge in [-0.25, -0.2) is 0 Å². The van der Waals surface area contributed by atoms with Crippen molar-refractivity contribution in [3.05, 3.63) is 23.3 Å². The van der Waals surface area contributed by atoms with Crippen molar-refractivity contribution in [3.8, 4) is 0 Å². The minimum absolute atomic E-state index is 0.208. The summed E-state index contributed by atoms with van der Waals surface area (Å²) in [6.45, 7) is 8.79. The van der Waals surface area contributed by atoms with Crippen LogP contribution in [0.4, 0.5) is 0 Å². The standard InChI is InChI=1S/C21H38O/c1-5-9-11-13-15-19(7-3)17-21(22)18-20(8-4)16-14-12-10-6-2/h17-18H,5-16H2,1-4H3. The lowest BCUT2D eigenvalue weighted by Crippen LogP contribution is -1.95. The molecule has 0 aromatic heterocycles. The van der Waals surface area contributed by atoms with E-state index in [1.165, 1.54) is 62.5 Å². The molecule has 0 atom stereocenters. The maximum atomic E-state index is 12.2. The molecule has 0 bridgehead atoms. The van der Waals surface area contributed by atoms with Gasteiger partial charge in [-0.3, -0.25) is 4.79 Å². The van der Waals surface area contributed by atoms with Crippen LogP contribution in [0, 0.1) is 0 Å². The number of hydrogen-bond acceptors (Lipinski definition) is 1. The molecule has 0 spiro atoms. The number of carbonyl (C=O) groups excluding carboxylic acids is 1. The minimum Gasteiger partial charge on any atom is -0.290 e. The molecule has 0 fully saturated rings. The molecule has 0 aromatic carbocycles. The molecule has 0 saturated heterocycles. The molecule has 0 aromatic rings. The Morgan fingerprint density at radius 1 is 0.636 bits per heavy atom. The zero-order valence-corrected chi connectivity index (χ0v) is 15.5. The molecule has 1 nitrogen and oxygen atoms in total. The van der Waals surface area contributed by atoms with Crippen LogP contribution in [0.5, 0.6) is 0 Å². The van der Waals surface area contributed by atoms with Crippen LogP contribution >= 0.6 is 0 Å². The summed E-state index contributed by atoms with van der Waals surface area (Å²) in [6.07, 6.45) is 18.2. The van der Waals surface area contributed by atoms with Crippen LogP contribution in [0.25, 0.3) is 0 Å². The Hall–Kier alpha value is -0.850. The van der Waals surface area contributed by atoms with Gasteiger partial charge in [0.05, 0.1) is 0 Å². The number of rotatable bonds is 14. The number of ketones is 1. The highest BCUT2D eigenvalue weighted by Crippen LogP contribution is 2.16. The Morgan fingerprint density at radius 2 is 1.05 bits per heavy atom. The lowest BCUT2D eigenvalue weighted by Gasteiger charge is -2.05. The van der Waals surface area contributed by atoms with E-state index < -0.39 is 0 Å². The first-order chi connectivity index (χ1) is 10.7. The monoisotopic (exact) mass is 306 g/mol. The summed E-state index contributed by atoms with van der Waals surface area (Å²) in [5, 5.41) is 0. The van der Waals surface area contributed by atoms with Crippen LogP contribution in [0.2, 0.25) is 0 Å². The summed E-state index contributed by atoms with van der Waals surface area (Å²) in [4.78, 5) is 12.2. The second-order valence-corrected chi connectivity index (χ2v) is 6.34. The summed E-state index contributed by atoms with van der Waals surface area (Å²) >= 11 is 0. The summed E-state index contributed by atoms with van der Waals surface area (Å²) in [5.74, 6) is 0.208. The first-order valence-electron chi connectivity index (χ1n) is 9.60. The fraction of sp³-hybridized carbons (Fsp3) is 0.762. The molecule has 0 amide bonds. The smallest absolute Gasteiger partial charge is 0.178 e. The number of hydrogen-bond donors (Lipinski definition) is 0. The van der Waals surface area contributed by atoms with Crippen LogP contribution in [0.1, 0.15) is 105 Å². The molecule has 128 valence electrons. The normalized spacial score (nSPS) is 12.7. The lowest BCUT2D eigenvalue weighted by molar-refractivity contribution is -0.110. The van der Waals surface area contributed by atoms with Gasteiger partial charge in [0.1, 0.15) is 0 Å². The number of allylic oxidation sites excluding steroid dienone is 4. The second kappa shape index (κ2) is 15.1. The van der Waals surface area contributed by atoms with Crippen LogP contribution < -0.4 is 0 Å². The van der Waals surface area contributed by atoms with E-state index in [4.69, 9.17) is 0 Å². The van der Waals surface area contributed by atoms with Gasteiger partial charge in [-0.05, 0) is 50.7 Å². The van der Waals surface area contributed by atoms with Gasteiger partial charge in [-0.2, -0.15) is 0 Å². The van der Waals surface area contributed by atoms with E-state index in [0.717, 1.165) is 25.7 Å². The summed E-state index contributed by atoms with van der Waals surface area (Å²) < 4.78 is 0. The third-order valence-corrected chi connectivity index (χ3v) is 4.30. The molecule has 0 aliphatic heterocycles. The fourth-order valence-electron chi connectivity index (χ4n) is 2.70. The summed E-state index contributed by atoms with van der Waals surface area (Å²) in [6, 6.07) is 0. The van der Waals surface area contributed by atoms with Crippen molar-refractivity contribution in [2.45, 2.75) is 105 Å². The third-order valence-electron chi connectivity index (χ3n) is 4.30. The molecule has 0 saturated carbocycles. The van der Waals surface area contributed by atoms with Gasteiger partial charge >= 0.3 is 0 Å². The van der Waals surface area contributed by atoms with E-state index in [-0.39, 0.29) is 5.78 Å². The van der Waals surface area contributed by atoms with E-state index in [0.29, 0.717) is 0 Å². The number of unbranched alkanes of at least 4 members (excludes halogenated alkanes) is 6. The fourth-order valence-corrected chi connectivity index (χ4v) is 2.70. The average Bonchev–Trinajstić information content (AvgIpc) is 2.53. The van der Waals surface area contributed by atoms with Gasteiger partial charge in [0.25, 0.3) is 0 Å². The minimum atomic E-state index is 0.208. The van der Waals surface area contributed by atoms with E-state index in [1.54, 1.807) is 0 Å². The average molecular weight is 307 g/mol. The van der Waals surface area contributed by atoms with Gasteiger partial charge < -0.3 is 0 Å². The largest absolute Gasteiger partial charge is 0.290 e. The van der Waals surface area contributed by atoms with Crippen LogP contribution in [0.3, 0.4) is 0 Å². The first kappa shape index (κ1) is 21.1. The Labute approximate surface area is 139 Å². The van der Waals surface area contributed by atoms with Gasteiger partial charge in [-0.1, -0.05) is 77.4 Å². The van der Waals surface area contributed by atoms with E-state index in [9.17, 15) is 4.79 Å². The van der Waals surface area contributed by atoms with Gasteiger partial charge in [0.15, 0.2) is 5.78 Å². The van der Waals surface area contributed by atoms with Crippen molar-refractivity contribution in [2.24, 2.45) is 0 Å². The molecule has 0 aliphatic rings. The highest BCUT2D eigenvalue weighted by Gasteiger charge is 2.02. The van der Waals surface area contributed by atoms with Crippen molar-refractivity contribution >= 4 is 5.78 Å². The summed E-state index contributed by atoms with van der Waals surface area (Å²) in [5.41, 5.74) is 2.64. The predicted octanol–water partition coefficient (Wildman–Crippen LogP) is 7.17. The van der Waals surface area contributed by atoms with E-state index in [2.05, 4.69) is 27.7 Å². The van der Waals surface area contributed by atoms with Crippen molar-refractivity contribution in [2.75, 3.05) is 0 Å². The van der Waals surface area contributed by atoms with Crippen LogP contribution in [0.15, 0.2) is 23.3 Å². The third kappa shape index (κ3) is 11.8. The Balaban J connectivity index is 4.35. The Bertz CT molecular complexity index is 304. The molecule has 0 N–H and O–H groups in total. The molecule has 0 aliphatic carbocycles. The number of carbonyl (C=O) groups is 1. The van der Waals surface area contributed by atoms with Crippen molar-refractivity contribution in [1.82, 2.24) is 0 Å². The maximum absolute atomic E-state index is 12.2. The van der Waals surface area contributed by atoms with Crippen molar-refractivity contribution in [1.29, 1.82) is 0 Å². The van der Waals surface area contributed by atoms with Crippen molar-refractivity contribution in [3.63, 3.8) is 0 Å². The maximum Gasteiger partial charge on any atom is 0.178 e. The van der Waals surface area contributed by atoms with E-state index in [1.807, 2.05) is 12.2 Å². The van der Waals surface area contributed by atoms with Gasteiger partial charge in [0, 0.05) is 0 Å². The predicted molar refractivity (Wildman–Crippen MR) is 99.3 cm³/mol. The van der Waals surface area contributed by atoms with Crippen molar-refractivity contribution < 1.29 is 4.79 Å². The first-order valence-corrected chi connectivity index (χ1v) is 9.60. The molecule has 0 unspecified atom stereocenters. The molecule has 0 heterocycles. The zero-order valence-electron chi connectivity index (χ0n) is 15.5. The molecule has 0 rings (SSSR count). The highest BCUT2D eigenvalue weighted by atomic mass is 16.1. The van der Waals surface area contributed by atoms with E-state index >= 15 is 0 Å². The molecular formula is C21H38O. The quantitative estimate of drug-likeness (QED) is 0.245. The lowest BCUT2D eigenvalue weighted by atomic mass is 10.0. The Kier molecular flexibility index (Phi) is 14.5.